The molecule has 11 heavy (non-hydrogen) atoms. The number of aromatic nitrogens is 1. The Morgan fingerprint density at radius 2 is 2.36 bits per heavy atom. The quantitative estimate of drug-likeness (QED) is 0.659. The average Bonchev–Trinajstić information content (AvgIpc) is 2.55. The zero-order valence-electron chi connectivity index (χ0n) is 6.29. The van der Waals surface area contributed by atoms with Crippen LogP contribution in [0.25, 0.3) is 11.5 Å². The number of hydrogen-bond acceptors (Lipinski definition) is 1. The lowest BCUT2D eigenvalue weighted by Gasteiger charge is -1.86. The maximum absolute atomic E-state index is 5.28. The van der Waals surface area contributed by atoms with Crippen LogP contribution in [-0.2, 0) is 0 Å². The van der Waals surface area contributed by atoms with Crippen LogP contribution >= 0.6 is 0 Å². The first-order valence-electron chi connectivity index (χ1n) is 3.55. The molecule has 2 rings (SSSR count). The standard InChI is InChI=1S/C9H9NO/c1-7-5-9(11-6-7)8-3-2-4-10-8/h2-6,10H,1H3. The molecule has 2 heterocycles. The summed E-state index contributed by atoms with van der Waals surface area (Å²) < 4.78 is 5.28. The van der Waals surface area contributed by atoms with Gasteiger partial charge < -0.3 is 9.40 Å². The van der Waals surface area contributed by atoms with Crippen molar-refractivity contribution in [2.45, 2.75) is 6.92 Å². The van der Waals surface area contributed by atoms with Gasteiger partial charge in [0.25, 0.3) is 0 Å². The van der Waals surface area contributed by atoms with Gasteiger partial charge in [-0.3, -0.25) is 0 Å². The van der Waals surface area contributed by atoms with E-state index in [0.717, 1.165) is 17.0 Å². The monoisotopic (exact) mass is 147 g/mol. The maximum atomic E-state index is 5.28. The van der Waals surface area contributed by atoms with E-state index in [0.29, 0.717) is 0 Å². The van der Waals surface area contributed by atoms with Crippen LogP contribution in [0, 0.1) is 6.92 Å². The lowest BCUT2D eigenvalue weighted by Crippen LogP contribution is -1.68. The zero-order valence-corrected chi connectivity index (χ0v) is 6.29. The number of aromatic amines is 1. The van der Waals surface area contributed by atoms with Crippen LogP contribution < -0.4 is 0 Å². The topological polar surface area (TPSA) is 28.9 Å². The number of furan rings is 1. The highest BCUT2D eigenvalue weighted by atomic mass is 16.3. The highest BCUT2D eigenvalue weighted by Crippen LogP contribution is 2.18. The molecule has 0 aliphatic heterocycles. The minimum absolute atomic E-state index is 0.896. The predicted octanol–water partition coefficient (Wildman–Crippen LogP) is 2.58. The molecule has 0 aliphatic carbocycles. The normalized spacial score (nSPS) is 10.3. The summed E-state index contributed by atoms with van der Waals surface area (Å²) in [7, 11) is 0. The van der Waals surface area contributed by atoms with Crippen LogP contribution in [0.2, 0.25) is 0 Å². The molecule has 0 aromatic carbocycles. The highest BCUT2D eigenvalue weighted by molar-refractivity contribution is 5.52. The van der Waals surface area contributed by atoms with Gasteiger partial charge in [-0.1, -0.05) is 0 Å². The van der Waals surface area contributed by atoms with Crippen molar-refractivity contribution in [3.05, 3.63) is 36.2 Å². The van der Waals surface area contributed by atoms with Gasteiger partial charge in [0.05, 0.1) is 12.0 Å². The van der Waals surface area contributed by atoms with Crippen molar-refractivity contribution >= 4 is 0 Å². The van der Waals surface area contributed by atoms with Gasteiger partial charge in [-0.05, 0) is 30.7 Å². The number of aryl methyl sites for hydroxylation is 1. The zero-order chi connectivity index (χ0) is 7.68. The molecule has 0 unspecified atom stereocenters. The Kier molecular flexibility index (Phi) is 1.32. The number of nitrogens with one attached hydrogen (secondary N) is 1. The Hall–Kier alpha value is -1.44. The van der Waals surface area contributed by atoms with Crippen LogP contribution in [0.1, 0.15) is 5.56 Å². The first-order valence-corrected chi connectivity index (χ1v) is 3.55. The van der Waals surface area contributed by atoms with Crippen LogP contribution in [0.3, 0.4) is 0 Å². The van der Waals surface area contributed by atoms with Gasteiger partial charge in [0.1, 0.15) is 5.76 Å². The molecule has 2 aromatic heterocycles. The molecule has 2 aromatic rings. The van der Waals surface area contributed by atoms with Crippen molar-refractivity contribution in [2.75, 3.05) is 0 Å². The third kappa shape index (κ3) is 1.07. The van der Waals surface area contributed by atoms with Crippen molar-refractivity contribution in [3.63, 3.8) is 0 Å². The third-order valence-corrected chi connectivity index (χ3v) is 1.59. The fourth-order valence-corrected chi connectivity index (χ4v) is 1.06. The summed E-state index contributed by atoms with van der Waals surface area (Å²) in [6.45, 7) is 2.01. The molecule has 2 heteroatoms. The molecule has 0 saturated heterocycles. The van der Waals surface area contributed by atoms with Gasteiger partial charge in [0, 0.05) is 6.20 Å². The van der Waals surface area contributed by atoms with Gasteiger partial charge >= 0.3 is 0 Å². The predicted molar refractivity (Wildman–Crippen MR) is 43.2 cm³/mol. The molecular formula is C9H9NO. The summed E-state index contributed by atoms with van der Waals surface area (Å²) in [4.78, 5) is 3.07. The van der Waals surface area contributed by atoms with Crippen molar-refractivity contribution in [2.24, 2.45) is 0 Å². The Balaban J connectivity index is 2.45. The van der Waals surface area contributed by atoms with E-state index < -0.39 is 0 Å². The fourth-order valence-electron chi connectivity index (χ4n) is 1.06. The summed E-state index contributed by atoms with van der Waals surface area (Å²) in [5.74, 6) is 0.896. The number of rotatable bonds is 1. The molecule has 0 fully saturated rings. The highest BCUT2D eigenvalue weighted by Gasteiger charge is 2.00. The van der Waals surface area contributed by atoms with Gasteiger partial charge in [-0.25, -0.2) is 0 Å². The summed E-state index contributed by atoms with van der Waals surface area (Å²) in [5, 5.41) is 0. The minimum Gasteiger partial charge on any atom is -0.463 e. The Bertz CT molecular complexity index is 332. The second-order valence-corrected chi connectivity index (χ2v) is 2.57. The Labute approximate surface area is 64.9 Å². The molecule has 0 bridgehead atoms. The summed E-state index contributed by atoms with van der Waals surface area (Å²) in [6.07, 6.45) is 3.63. The second-order valence-electron chi connectivity index (χ2n) is 2.57. The maximum Gasteiger partial charge on any atom is 0.150 e. The van der Waals surface area contributed by atoms with Crippen molar-refractivity contribution in [1.29, 1.82) is 0 Å². The van der Waals surface area contributed by atoms with E-state index in [1.165, 1.54) is 0 Å². The molecule has 0 spiro atoms. The van der Waals surface area contributed by atoms with Gasteiger partial charge in [-0.2, -0.15) is 0 Å². The SMILES string of the molecule is Cc1coc(-c2ccc[nH]2)c1. The smallest absolute Gasteiger partial charge is 0.150 e. The van der Waals surface area contributed by atoms with E-state index in [-0.39, 0.29) is 0 Å². The minimum atomic E-state index is 0.896. The van der Waals surface area contributed by atoms with Gasteiger partial charge in [0.15, 0.2) is 0 Å². The Morgan fingerprint density at radius 1 is 1.45 bits per heavy atom. The van der Waals surface area contributed by atoms with Crippen LogP contribution in [0.5, 0.6) is 0 Å². The van der Waals surface area contributed by atoms with E-state index in [9.17, 15) is 0 Å². The lowest BCUT2D eigenvalue weighted by molar-refractivity contribution is 0.578. The van der Waals surface area contributed by atoms with Crippen molar-refractivity contribution < 1.29 is 4.42 Å². The summed E-state index contributed by atoms with van der Waals surface area (Å²) in [6, 6.07) is 5.94. The largest absolute Gasteiger partial charge is 0.463 e. The molecule has 0 atom stereocenters. The molecule has 0 amide bonds. The number of hydrogen-bond donors (Lipinski definition) is 1. The van der Waals surface area contributed by atoms with Crippen LogP contribution in [0.15, 0.2) is 35.1 Å². The number of H-pyrrole nitrogens is 1. The molecule has 0 saturated carbocycles. The van der Waals surface area contributed by atoms with Crippen LogP contribution in [-0.4, -0.2) is 4.98 Å². The molecule has 2 nitrogen and oxygen atoms in total. The summed E-state index contributed by atoms with van der Waals surface area (Å²) in [5.41, 5.74) is 2.17. The van der Waals surface area contributed by atoms with E-state index >= 15 is 0 Å². The van der Waals surface area contributed by atoms with E-state index in [4.69, 9.17) is 4.42 Å². The lowest BCUT2D eigenvalue weighted by atomic mass is 10.3. The van der Waals surface area contributed by atoms with Gasteiger partial charge in [-0.15, -0.1) is 0 Å². The first kappa shape index (κ1) is 6.28. The van der Waals surface area contributed by atoms with Crippen molar-refractivity contribution in [1.82, 2.24) is 4.98 Å². The fraction of sp³-hybridized carbons (Fsp3) is 0.111. The van der Waals surface area contributed by atoms with Crippen LogP contribution in [0.4, 0.5) is 0 Å². The summed E-state index contributed by atoms with van der Waals surface area (Å²) >= 11 is 0. The van der Waals surface area contributed by atoms with Crippen molar-refractivity contribution in [3.8, 4) is 11.5 Å². The average molecular weight is 147 g/mol. The molecule has 56 valence electrons. The molecule has 1 N–H and O–H groups in total. The van der Waals surface area contributed by atoms with E-state index in [2.05, 4.69) is 4.98 Å². The van der Waals surface area contributed by atoms with E-state index in [1.54, 1.807) is 6.26 Å². The van der Waals surface area contributed by atoms with Gasteiger partial charge in [0.2, 0.25) is 0 Å². The molecule has 0 aliphatic rings. The van der Waals surface area contributed by atoms with E-state index in [1.807, 2.05) is 31.3 Å². The first-order chi connectivity index (χ1) is 5.36. The molecule has 0 radical (unpaired) electrons. The second kappa shape index (κ2) is 2.31. The molecular weight excluding hydrogens is 138 g/mol. The Morgan fingerprint density at radius 3 is 2.91 bits per heavy atom. The third-order valence-electron chi connectivity index (χ3n) is 1.59.